The number of H-pyrrole nitrogens is 1. The SMILES string of the molecule is CN1C2CCC1c1c(-c3ccc(-c4cnc(C5CC(F)(F)CN5)[nH]4)cc3)ccc(B3OC(C)(C)C(C)(C)O3)c12. The van der Waals surface area contributed by atoms with E-state index in [1.165, 1.54) is 16.7 Å². The van der Waals surface area contributed by atoms with E-state index in [2.05, 4.69) is 91.3 Å². The normalized spacial score (nSPS) is 28.4. The summed E-state index contributed by atoms with van der Waals surface area (Å²) in [6, 6.07) is 13.2. The third-order valence-electron chi connectivity index (χ3n) is 9.73. The van der Waals surface area contributed by atoms with Crippen LogP contribution in [0.25, 0.3) is 22.4 Å². The van der Waals surface area contributed by atoms with Crippen molar-refractivity contribution in [3.63, 3.8) is 0 Å². The second-order valence-electron chi connectivity index (χ2n) is 12.6. The number of rotatable bonds is 4. The predicted octanol–water partition coefficient (Wildman–Crippen LogP) is 5.53. The first-order valence-corrected chi connectivity index (χ1v) is 14.0. The molecule has 2 bridgehead atoms. The van der Waals surface area contributed by atoms with Gasteiger partial charge in [-0.05, 0) is 80.9 Å². The number of benzene rings is 2. The zero-order valence-corrected chi connectivity index (χ0v) is 23.1. The molecule has 204 valence electrons. The number of hydrogen-bond acceptors (Lipinski definition) is 5. The summed E-state index contributed by atoms with van der Waals surface area (Å²) in [5.41, 5.74) is 7.36. The molecule has 7 rings (SSSR count). The highest BCUT2D eigenvalue weighted by Crippen LogP contribution is 2.54. The Morgan fingerprint density at radius 3 is 2.21 bits per heavy atom. The topological polar surface area (TPSA) is 62.4 Å². The first kappa shape index (κ1) is 25.4. The van der Waals surface area contributed by atoms with Crippen molar-refractivity contribution in [1.82, 2.24) is 20.2 Å². The number of nitrogens with one attached hydrogen (secondary N) is 2. The number of imidazole rings is 1. The minimum absolute atomic E-state index is 0.234. The Bertz CT molecular complexity index is 1420. The van der Waals surface area contributed by atoms with Gasteiger partial charge in [0.05, 0.1) is 35.7 Å². The molecule has 3 fully saturated rings. The number of hydrogen-bond donors (Lipinski definition) is 2. The van der Waals surface area contributed by atoms with Crippen molar-refractivity contribution in [1.29, 1.82) is 0 Å². The van der Waals surface area contributed by atoms with Crippen LogP contribution in [0.3, 0.4) is 0 Å². The van der Waals surface area contributed by atoms with Crippen LogP contribution in [0, 0.1) is 0 Å². The molecule has 0 aliphatic carbocycles. The Morgan fingerprint density at radius 1 is 0.923 bits per heavy atom. The van der Waals surface area contributed by atoms with Crippen molar-refractivity contribution in [3.8, 4) is 22.4 Å². The van der Waals surface area contributed by atoms with Crippen molar-refractivity contribution >= 4 is 12.6 Å². The molecule has 2 N–H and O–H groups in total. The number of aromatic amines is 1. The van der Waals surface area contributed by atoms with Gasteiger partial charge >= 0.3 is 7.12 Å². The fourth-order valence-corrected chi connectivity index (χ4v) is 6.85. The van der Waals surface area contributed by atoms with E-state index in [1.54, 1.807) is 6.20 Å². The Balaban J connectivity index is 1.21. The lowest BCUT2D eigenvalue weighted by Gasteiger charge is -2.32. The monoisotopic (exact) mass is 532 g/mol. The number of alkyl halides is 2. The summed E-state index contributed by atoms with van der Waals surface area (Å²) in [7, 11) is 1.85. The van der Waals surface area contributed by atoms with Crippen LogP contribution in [0.2, 0.25) is 0 Å². The van der Waals surface area contributed by atoms with E-state index < -0.39 is 12.0 Å². The quantitative estimate of drug-likeness (QED) is 0.433. The minimum Gasteiger partial charge on any atom is -0.399 e. The second kappa shape index (κ2) is 8.46. The summed E-state index contributed by atoms with van der Waals surface area (Å²) >= 11 is 0. The maximum Gasteiger partial charge on any atom is 0.495 e. The number of halogens is 2. The lowest BCUT2D eigenvalue weighted by Crippen LogP contribution is -2.41. The molecule has 0 spiro atoms. The largest absolute Gasteiger partial charge is 0.495 e. The molecule has 0 radical (unpaired) electrons. The average molecular weight is 532 g/mol. The van der Waals surface area contributed by atoms with Gasteiger partial charge in [-0.15, -0.1) is 0 Å². The molecule has 39 heavy (non-hydrogen) atoms. The fourth-order valence-electron chi connectivity index (χ4n) is 6.85. The molecule has 2 aromatic carbocycles. The van der Waals surface area contributed by atoms with Crippen LogP contribution in [-0.2, 0) is 9.31 Å². The molecule has 4 aliphatic heterocycles. The van der Waals surface area contributed by atoms with E-state index in [4.69, 9.17) is 9.31 Å². The van der Waals surface area contributed by atoms with E-state index in [9.17, 15) is 8.78 Å². The fraction of sp³-hybridized carbons (Fsp3) is 0.500. The highest BCUT2D eigenvalue weighted by atomic mass is 19.3. The third kappa shape index (κ3) is 3.92. The van der Waals surface area contributed by atoms with Gasteiger partial charge in [-0.1, -0.05) is 36.4 Å². The zero-order valence-electron chi connectivity index (χ0n) is 23.1. The van der Waals surface area contributed by atoms with Crippen molar-refractivity contribution in [2.24, 2.45) is 0 Å². The highest BCUT2D eigenvalue weighted by molar-refractivity contribution is 6.62. The molecule has 5 heterocycles. The molecular weight excluding hydrogens is 497 g/mol. The van der Waals surface area contributed by atoms with Gasteiger partial charge in [0.15, 0.2) is 0 Å². The van der Waals surface area contributed by atoms with Crippen molar-refractivity contribution in [3.05, 3.63) is 59.5 Å². The van der Waals surface area contributed by atoms with Gasteiger partial charge in [0.2, 0.25) is 0 Å². The molecule has 3 saturated heterocycles. The van der Waals surface area contributed by atoms with Gasteiger partial charge in [0, 0.05) is 18.5 Å². The molecule has 4 aliphatic rings. The van der Waals surface area contributed by atoms with E-state index in [-0.39, 0.29) is 31.3 Å². The maximum atomic E-state index is 13.6. The van der Waals surface area contributed by atoms with Crippen LogP contribution in [0.5, 0.6) is 0 Å². The van der Waals surface area contributed by atoms with Crippen LogP contribution < -0.4 is 10.8 Å². The van der Waals surface area contributed by atoms with E-state index in [0.29, 0.717) is 17.9 Å². The lowest BCUT2D eigenvalue weighted by atomic mass is 9.70. The van der Waals surface area contributed by atoms with Gasteiger partial charge < -0.3 is 19.6 Å². The highest BCUT2D eigenvalue weighted by Gasteiger charge is 2.54. The number of fused-ring (bicyclic) bond motifs is 5. The van der Waals surface area contributed by atoms with Crippen molar-refractivity contribution in [2.75, 3.05) is 13.6 Å². The number of aromatic nitrogens is 2. The van der Waals surface area contributed by atoms with Crippen LogP contribution in [-0.4, -0.2) is 52.7 Å². The van der Waals surface area contributed by atoms with Crippen molar-refractivity contribution < 1.29 is 18.1 Å². The molecule has 3 unspecified atom stereocenters. The van der Waals surface area contributed by atoms with E-state index in [1.807, 2.05) is 0 Å². The first-order valence-electron chi connectivity index (χ1n) is 14.0. The summed E-state index contributed by atoms with van der Waals surface area (Å²) in [6.07, 6.45) is 3.79. The van der Waals surface area contributed by atoms with Gasteiger partial charge in [-0.3, -0.25) is 4.90 Å². The van der Waals surface area contributed by atoms with Gasteiger partial charge in [-0.2, -0.15) is 0 Å². The number of nitrogens with zero attached hydrogens (tertiary/aromatic N) is 2. The molecule has 6 nitrogen and oxygen atoms in total. The summed E-state index contributed by atoms with van der Waals surface area (Å²) in [4.78, 5) is 10.1. The van der Waals surface area contributed by atoms with E-state index >= 15 is 0 Å². The molecule has 3 atom stereocenters. The van der Waals surface area contributed by atoms with Crippen molar-refractivity contribution in [2.45, 2.75) is 82.2 Å². The summed E-state index contributed by atoms with van der Waals surface area (Å²) in [5.74, 6) is -2.13. The molecule has 1 aromatic heterocycles. The third-order valence-corrected chi connectivity index (χ3v) is 9.73. The van der Waals surface area contributed by atoms with Crippen LogP contribution >= 0.6 is 0 Å². The molecular formula is C30H35BF2N4O2. The Morgan fingerprint density at radius 2 is 1.56 bits per heavy atom. The maximum absolute atomic E-state index is 13.6. The summed E-state index contributed by atoms with van der Waals surface area (Å²) in [5, 5.41) is 2.87. The lowest BCUT2D eigenvalue weighted by molar-refractivity contribution is 0.00578. The smallest absolute Gasteiger partial charge is 0.399 e. The van der Waals surface area contributed by atoms with Crippen LogP contribution in [0.1, 0.15) is 82.0 Å². The second-order valence-corrected chi connectivity index (χ2v) is 12.6. The van der Waals surface area contributed by atoms with Gasteiger partial charge in [0.25, 0.3) is 5.92 Å². The average Bonchev–Trinajstić information content (AvgIpc) is 3.68. The predicted molar refractivity (Wildman–Crippen MR) is 148 cm³/mol. The molecule has 0 amide bonds. The van der Waals surface area contributed by atoms with Crippen LogP contribution in [0.15, 0.2) is 42.6 Å². The minimum atomic E-state index is -2.69. The molecule has 3 aromatic rings. The molecule has 0 saturated carbocycles. The standard InChI is InChI=1S/C30H35BF2N4O2/c1-28(2)29(3,4)39-31(38-28)20-11-10-19(25-23-12-13-24(26(20)25)37(23)5)17-6-8-18(9-7-17)22-15-34-27(36-22)21-14-30(32,33)16-35-21/h6-11,15,21,23-24,35H,12-14,16H2,1-5H3,(H,34,36). The van der Waals surface area contributed by atoms with E-state index in [0.717, 1.165) is 35.1 Å². The molecule has 9 heteroatoms. The Kier molecular flexibility index (Phi) is 5.51. The summed E-state index contributed by atoms with van der Waals surface area (Å²) in [6.45, 7) is 8.09. The first-order chi connectivity index (χ1) is 18.4. The summed E-state index contributed by atoms with van der Waals surface area (Å²) < 4.78 is 40.3. The Hall–Kier alpha value is -2.59. The van der Waals surface area contributed by atoms with Gasteiger partial charge in [0.1, 0.15) is 5.82 Å². The van der Waals surface area contributed by atoms with Gasteiger partial charge in [-0.25, -0.2) is 13.8 Å². The zero-order chi connectivity index (χ0) is 27.3. The van der Waals surface area contributed by atoms with Crippen LogP contribution in [0.4, 0.5) is 8.78 Å². The Labute approximate surface area is 228 Å².